The van der Waals surface area contributed by atoms with Crippen LogP contribution in [0.5, 0.6) is 0 Å². The fourth-order valence-corrected chi connectivity index (χ4v) is 2.87. The Morgan fingerprint density at radius 2 is 2.25 bits per heavy atom. The first-order valence-electron chi connectivity index (χ1n) is 6.49. The average molecular weight is 313 g/mol. The highest BCUT2D eigenvalue weighted by atomic mass is 35.5. The number of aryl methyl sites for hydroxylation is 3. The zero-order valence-corrected chi connectivity index (χ0v) is 13.3. The fraction of sp³-hybridized carbons (Fsp3) is 0.462. The molecule has 2 heterocycles. The third-order valence-corrected chi connectivity index (χ3v) is 4.12. The molecule has 5 nitrogen and oxygen atoms in total. The molecule has 0 unspecified atom stereocenters. The van der Waals surface area contributed by atoms with E-state index in [9.17, 15) is 4.79 Å². The summed E-state index contributed by atoms with van der Waals surface area (Å²) in [4.78, 5) is 16.5. The van der Waals surface area contributed by atoms with E-state index in [0.717, 1.165) is 25.1 Å². The number of aromatic nitrogens is 3. The van der Waals surface area contributed by atoms with Crippen LogP contribution in [0.4, 0.5) is 5.13 Å². The molecule has 0 aliphatic carbocycles. The summed E-state index contributed by atoms with van der Waals surface area (Å²) in [5, 5.41) is 9.93. The zero-order valence-electron chi connectivity index (χ0n) is 11.7. The van der Waals surface area contributed by atoms with E-state index in [1.165, 1.54) is 11.3 Å². The lowest BCUT2D eigenvalue weighted by Crippen LogP contribution is -2.13. The largest absolute Gasteiger partial charge is 0.298 e. The van der Waals surface area contributed by atoms with E-state index in [-0.39, 0.29) is 5.91 Å². The van der Waals surface area contributed by atoms with E-state index >= 15 is 0 Å². The van der Waals surface area contributed by atoms with Crippen LogP contribution in [0.25, 0.3) is 0 Å². The summed E-state index contributed by atoms with van der Waals surface area (Å²) in [6, 6.07) is 0. The summed E-state index contributed by atoms with van der Waals surface area (Å²) in [6.07, 6.45) is 2.03. The van der Waals surface area contributed by atoms with Crippen LogP contribution in [-0.2, 0) is 6.54 Å². The quantitative estimate of drug-likeness (QED) is 0.916. The van der Waals surface area contributed by atoms with Gasteiger partial charge in [0, 0.05) is 11.9 Å². The molecule has 0 radical (unpaired) electrons. The molecule has 1 amide bonds. The van der Waals surface area contributed by atoms with E-state index in [1.54, 1.807) is 11.6 Å². The van der Waals surface area contributed by atoms with Crippen molar-refractivity contribution in [1.29, 1.82) is 0 Å². The Morgan fingerprint density at radius 3 is 2.85 bits per heavy atom. The van der Waals surface area contributed by atoms with Gasteiger partial charge in [0.2, 0.25) is 0 Å². The topological polar surface area (TPSA) is 59.8 Å². The van der Waals surface area contributed by atoms with Gasteiger partial charge >= 0.3 is 0 Å². The molecule has 2 aromatic heterocycles. The molecule has 0 aromatic carbocycles. The van der Waals surface area contributed by atoms with Gasteiger partial charge in [-0.05, 0) is 20.3 Å². The van der Waals surface area contributed by atoms with Gasteiger partial charge in [-0.15, -0.1) is 11.3 Å². The maximum absolute atomic E-state index is 12.3. The van der Waals surface area contributed by atoms with Gasteiger partial charge in [0.1, 0.15) is 5.15 Å². The highest BCUT2D eigenvalue weighted by Crippen LogP contribution is 2.23. The molecule has 0 atom stereocenters. The van der Waals surface area contributed by atoms with Crippen LogP contribution in [0.15, 0.2) is 5.38 Å². The molecular formula is C13H17ClN4OS. The van der Waals surface area contributed by atoms with Gasteiger partial charge < -0.3 is 0 Å². The van der Waals surface area contributed by atoms with E-state index in [4.69, 9.17) is 11.6 Å². The molecule has 20 heavy (non-hydrogen) atoms. The third-order valence-electron chi connectivity index (χ3n) is 2.86. The lowest BCUT2D eigenvalue weighted by molar-refractivity contribution is 0.102. The van der Waals surface area contributed by atoms with Gasteiger partial charge in [0.15, 0.2) is 5.13 Å². The van der Waals surface area contributed by atoms with E-state index in [1.807, 2.05) is 12.3 Å². The fourth-order valence-electron chi connectivity index (χ4n) is 1.84. The SMILES string of the molecule is CCCCn1nc(C)c(C(=O)Nc2nc(C)cs2)c1Cl. The summed E-state index contributed by atoms with van der Waals surface area (Å²) in [5.41, 5.74) is 1.94. The molecule has 0 spiro atoms. The van der Waals surface area contributed by atoms with Crippen molar-refractivity contribution in [2.45, 2.75) is 40.2 Å². The second-order valence-corrected chi connectivity index (χ2v) is 5.79. The van der Waals surface area contributed by atoms with Gasteiger partial charge in [0.05, 0.1) is 17.0 Å². The Balaban J connectivity index is 2.19. The van der Waals surface area contributed by atoms with Crippen LogP contribution < -0.4 is 5.32 Å². The van der Waals surface area contributed by atoms with Gasteiger partial charge in [-0.2, -0.15) is 5.10 Å². The molecular weight excluding hydrogens is 296 g/mol. The number of hydrogen-bond acceptors (Lipinski definition) is 4. The predicted octanol–water partition coefficient (Wildman–Crippen LogP) is 3.66. The summed E-state index contributed by atoms with van der Waals surface area (Å²) in [7, 11) is 0. The number of anilines is 1. The maximum atomic E-state index is 12.3. The Bertz CT molecular complexity index is 620. The van der Waals surface area contributed by atoms with E-state index in [2.05, 4.69) is 22.3 Å². The normalized spacial score (nSPS) is 10.8. The van der Waals surface area contributed by atoms with Crippen LogP contribution in [-0.4, -0.2) is 20.7 Å². The number of amides is 1. The predicted molar refractivity (Wildman–Crippen MR) is 81.7 cm³/mol. The van der Waals surface area contributed by atoms with Crippen molar-refractivity contribution in [1.82, 2.24) is 14.8 Å². The van der Waals surface area contributed by atoms with Gasteiger partial charge in [-0.3, -0.25) is 14.8 Å². The number of thiazole rings is 1. The lowest BCUT2D eigenvalue weighted by atomic mass is 10.2. The number of nitrogens with zero attached hydrogens (tertiary/aromatic N) is 3. The molecule has 2 aromatic rings. The molecule has 1 N–H and O–H groups in total. The van der Waals surface area contributed by atoms with Gasteiger partial charge in [-0.25, -0.2) is 4.98 Å². The van der Waals surface area contributed by atoms with Gasteiger partial charge in [-0.1, -0.05) is 24.9 Å². The first-order valence-corrected chi connectivity index (χ1v) is 7.75. The zero-order chi connectivity index (χ0) is 14.7. The number of carbonyl (C=O) groups is 1. The Labute approximate surface area is 127 Å². The highest BCUT2D eigenvalue weighted by molar-refractivity contribution is 7.13. The number of carbonyl (C=O) groups excluding carboxylic acids is 1. The van der Waals surface area contributed by atoms with Crippen molar-refractivity contribution >= 4 is 34.0 Å². The summed E-state index contributed by atoms with van der Waals surface area (Å²) in [6.45, 7) is 6.49. The minimum atomic E-state index is -0.260. The first-order chi connectivity index (χ1) is 9.52. The molecule has 0 bridgehead atoms. The highest BCUT2D eigenvalue weighted by Gasteiger charge is 2.20. The van der Waals surface area contributed by atoms with Gasteiger partial charge in [0.25, 0.3) is 5.91 Å². The van der Waals surface area contributed by atoms with Crippen molar-refractivity contribution in [2.75, 3.05) is 5.32 Å². The maximum Gasteiger partial charge on any atom is 0.262 e. The third kappa shape index (κ3) is 3.19. The smallest absolute Gasteiger partial charge is 0.262 e. The van der Waals surface area contributed by atoms with Crippen molar-refractivity contribution < 1.29 is 4.79 Å². The second kappa shape index (κ2) is 6.37. The molecule has 0 saturated heterocycles. The van der Waals surface area contributed by atoms with Crippen LogP contribution in [0.1, 0.15) is 41.5 Å². The first kappa shape index (κ1) is 15.0. The number of unbranched alkanes of at least 4 members (excludes halogenated alkanes) is 1. The molecule has 0 fully saturated rings. The monoisotopic (exact) mass is 312 g/mol. The van der Waals surface area contributed by atoms with Crippen molar-refractivity contribution in [3.05, 3.63) is 27.5 Å². The van der Waals surface area contributed by atoms with Crippen molar-refractivity contribution in [3.8, 4) is 0 Å². The van der Waals surface area contributed by atoms with Crippen LogP contribution in [0.2, 0.25) is 5.15 Å². The average Bonchev–Trinajstić information content (AvgIpc) is 2.91. The van der Waals surface area contributed by atoms with Crippen molar-refractivity contribution in [2.24, 2.45) is 0 Å². The van der Waals surface area contributed by atoms with E-state index < -0.39 is 0 Å². The summed E-state index contributed by atoms with van der Waals surface area (Å²) < 4.78 is 1.68. The summed E-state index contributed by atoms with van der Waals surface area (Å²) >= 11 is 7.65. The second-order valence-electron chi connectivity index (χ2n) is 4.58. The van der Waals surface area contributed by atoms with Crippen LogP contribution in [0.3, 0.4) is 0 Å². The molecule has 108 valence electrons. The van der Waals surface area contributed by atoms with Crippen LogP contribution in [0, 0.1) is 13.8 Å². The lowest BCUT2D eigenvalue weighted by Gasteiger charge is -2.03. The number of halogens is 1. The Kier molecular flexibility index (Phi) is 4.77. The molecule has 7 heteroatoms. The Morgan fingerprint density at radius 1 is 1.50 bits per heavy atom. The van der Waals surface area contributed by atoms with E-state index in [0.29, 0.717) is 21.5 Å². The number of rotatable bonds is 5. The minimum absolute atomic E-state index is 0.260. The Hall–Kier alpha value is -1.40. The number of hydrogen-bond donors (Lipinski definition) is 1. The van der Waals surface area contributed by atoms with Crippen molar-refractivity contribution in [3.63, 3.8) is 0 Å². The molecule has 2 rings (SSSR count). The summed E-state index contributed by atoms with van der Waals surface area (Å²) in [5.74, 6) is -0.260. The number of nitrogens with one attached hydrogen (secondary N) is 1. The minimum Gasteiger partial charge on any atom is -0.298 e. The van der Waals surface area contributed by atoms with Crippen LogP contribution >= 0.6 is 22.9 Å². The standard InChI is InChI=1S/C13H17ClN4OS/c1-4-5-6-18-11(14)10(9(3)17-18)12(19)16-13-15-8(2)7-20-13/h7H,4-6H2,1-3H3,(H,15,16,19). The molecule has 0 aliphatic heterocycles. The molecule has 0 saturated carbocycles. The molecule has 0 aliphatic rings.